The SMILES string of the molecule is COc1ccc(N(c2ccc(OC)cc2)c2ccc3c(c2)-c2cc(N(c4ccc(OC)cc4)c4ccc(OC)cc4)ccc2C3=C2c3ccc(N(c4ccc(OC)cc4)c4ccc(OC)cc4)cc3-c3cc(N(c4ccc(OC)cc4)c4ccc(OC)cc4)ccc32)cc1. The van der Waals surface area contributed by atoms with Crippen LogP contribution in [0.3, 0.4) is 0 Å². The summed E-state index contributed by atoms with van der Waals surface area (Å²) in [5.41, 5.74) is 22.5. The maximum atomic E-state index is 5.69. The van der Waals surface area contributed by atoms with Gasteiger partial charge in [0.25, 0.3) is 0 Å². The highest BCUT2D eigenvalue weighted by Crippen LogP contribution is 2.58. The topological polar surface area (TPSA) is 86.8 Å². The fourth-order valence-corrected chi connectivity index (χ4v) is 12.9. The Bertz CT molecular complexity index is 3940. The molecule has 464 valence electrons. The molecule has 0 bridgehead atoms. The smallest absolute Gasteiger partial charge is 0.119 e. The molecule has 2 aliphatic rings. The van der Waals surface area contributed by atoms with Crippen molar-refractivity contribution in [3.05, 3.63) is 289 Å². The van der Waals surface area contributed by atoms with E-state index in [4.69, 9.17) is 37.9 Å². The van der Waals surface area contributed by atoms with Crippen LogP contribution >= 0.6 is 0 Å². The van der Waals surface area contributed by atoms with Crippen LogP contribution < -0.4 is 57.5 Å². The molecule has 0 atom stereocenters. The molecule has 0 saturated heterocycles. The van der Waals surface area contributed by atoms with Crippen molar-refractivity contribution < 1.29 is 37.9 Å². The Morgan fingerprint density at radius 1 is 0.149 bits per heavy atom. The van der Waals surface area contributed by atoms with Crippen LogP contribution in [0.5, 0.6) is 46.0 Å². The van der Waals surface area contributed by atoms with Crippen LogP contribution in [0.4, 0.5) is 68.2 Å². The van der Waals surface area contributed by atoms with Crippen LogP contribution in [0.25, 0.3) is 33.4 Å². The van der Waals surface area contributed by atoms with Gasteiger partial charge in [0.2, 0.25) is 0 Å². The summed E-state index contributed by atoms with van der Waals surface area (Å²) in [5, 5.41) is 0. The molecule has 0 radical (unpaired) electrons. The van der Waals surface area contributed by atoms with Gasteiger partial charge in [0.05, 0.1) is 56.9 Å². The Morgan fingerprint density at radius 2 is 0.277 bits per heavy atom. The van der Waals surface area contributed by atoms with E-state index in [1.165, 1.54) is 0 Å². The van der Waals surface area contributed by atoms with Crippen molar-refractivity contribution in [3.63, 3.8) is 0 Å². The zero-order valence-electron chi connectivity index (χ0n) is 53.5. The van der Waals surface area contributed by atoms with Gasteiger partial charge in [0.15, 0.2) is 0 Å². The maximum absolute atomic E-state index is 5.69. The molecule has 0 aliphatic heterocycles. The second-order valence-electron chi connectivity index (χ2n) is 22.6. The Balaban J connectivity index is 1.04. The number of nitrogens with zero attached hydrogens (tertiary/aromatic N) is 4. The van der Waals surface area contributed by atoms with Gasteiger partial charge in [-0.3, -0.25) is 0 Å². The van der Waals surface area contributed by atoms with Crippen molar-refractivity contribution in [1.29, 1.82) is 0 Å². The first-order valence-corrected chi connectivity index (χ1v) is 30.9. The molecule has 0 unspecified atom stereocenters. The number of anilines is 12. The molecule has 2 aliphatic carbocycles. The van der Waals surface area contributed by atoms with Crippen LogP contribution in [0.2, 0.25) is 0 Å². The lowest BCUT2D eigenvalue weighted by molar-refractivity contribution is 0.414. The summed E-state index contributed by atoms with van der Waals surface area (Å²) in [6, 6.07) is 93.2. The van der Waals surface area contributed by atoms with E-state index in [-0.39, 0.29) is 0 Å². The number of ether oxygens (including phenoxy) is 8. The first-order chi connectivity index (χ1) is 46.2. The predicted molar refractivity (Wildman–Crippen MR) is 380 cm³/mol. The average Bonchev–Trinajstić information content (AvgIpc) is 1.55. The third-order valence-electron chi connectivity index (χ3n) is 17.6. The fraction of sp³-hybridized carbons (Fsp3) is 0.0976. The molecule has 0 saturated carbocycles. The first-order valence-electron chi connectivity index (χ1n) is 30.9. The quantitative estimate of drug-likeness (QED) is 0.0728. The zero-order valence-corrected chi connectivity index (χ0v) is 53.5. The third kappa shape index (κ3) is 11.1. The third-order valence-corrected chi connectivity index (χ3v) is 17.6. The van der Waals surface area contributed by atoms with Crippen molar-refractivity contribution >= 4 is 79.4 Å². The van der Waals surface area contributed by atoms with Crippen molar-refractivity contribution in [2.45, 2.75) is 0 Å². The molecule has 12 heteroatoms. The van der Waals surface area contributed by atoms with Gasteiger partial charge < -0.3 is 57.5 Å². The molecule has 94 heavy (non-hydrogen) atoms. The molecule has 12 aromatic rings. The van der Waals surface area contributed by atoms with Gasteiger partial charge in [-0.25, -0.2) is 0 Å². The van der Waals surface area contributed by atoms with Gasteiger partial charge in [-0.05, 0) is 298 Å². The molecule has 14 rings (SSSR count). The van der Waals surface area contributed by atoms with Crippen LogP contribution in [0.1, 0.15) is 22.3 Å². The number of hydrogen-bond acceptors (Lipinski definition) is 12. The zero-order chi connectivity index (χ0) is 64.4. The van der Waals surface area contributed by atoms with E-state index >= 15 is 0 Å². The summed E-state index contributed by atoms with van der Waals surface area (Å²) in [7, 11) is 13.5. The van der Waals surface area contributed by atoms with E-state index in [9.17, 15) is 0 Å². The second-order valence-corrected chi connectivity index (χ2v) is 22.6. The molecule has 0 N–H and O–H groups in total. The molecule has 0 amide bonds. The van der Waals surface area contributed by atoms with Crippen LogP contribution in [0, 0.1) is 0 Å². The second kappa shape index (κ2) is 25.7. The lowest BCUT2D eigenvalue weighted by Crippen LogP contribution is -2.10. The minimum absolute atomic E-state index is 0.767. The van der Waals surface area contributed by atoms with Gasteiger partial charge in [-0.2, -0.15) is 0 Å². The Morgan fingerprint density at radius 3 is 0.404 bits per heavy atom. The lowest BCUT2D eigenvalue weighted by atomic mass is 9.91. The minimum Gasteiger partial charge on any atom is -0.497 e. The Labute approximate surface area is 548 Å². The maximum Gasteiger partial charge on any atom is 0.119 e. The summed E-state index contributed by atoms with van der Waals surface area (Å²) in [4.78, 5) is 9.14. The van der Waals surface area contributed by atoms with Gasteiger partial charge in [0.1, 0.15) is 46.0 Å². The van der Waals surface area contributed by atoms with E-state index in [1.54, 1.807) is 56.9 Å². The monoisotopic (exact) mass is 1240 g/mol. The Hall–Kier alpha value is -12.0. The Kier molecular flexibility index (Phi) is 16.3. The standard InChI is InChI=1S/C82H68N4O8/c1-87-65-29-9-53(10-30-65)83(54-11-31-66(88-2)32-12-54)61-25-45-73-77(49-61)78-50-62(84(55-13-33-67(89-3)34-14-55)56-15-35-68(90-4)36-16-56)26-46-74(78)81(73)82-75-47-27-63(85(57-17-37-69(91-5)38-18-57)58-19-39-70(92-6)40-20-58)51-79(75)80-52-64(28-48-76(80)82)86(59-21-41-71(93-7)42-22-59)60-23-43-72(94-8)44-24-60/h9-52H,1-8H3. The molecular weight excluding hydrogens is 1170 g/mol. The summed E-state index contributed by atoms with van der Waals surface area (Å²) >= 11 is 0. The van der Waals surface area contributed by atoms with E-state index < -0.39 is 0 Å². The summed E-state index contributed by atoms with van der Waals surface area (Å²) in [5.74, 6) is 6.13. The molecule has 0 heterocycles. The molecule has 0 spiro atoms. The number of methoxy groups -OCH3 is 8. The van der Waals surface area contributed by atoms with Gasteiger partial charge in [-0.15, -0.1) is 0 Å². The van der Waals surface area contributed by atoms with Crippen molar-refractivity contribution in [2.75, 3.05) is 76.5 Å². The number of benzene rings is 12. The average molecular weight is 1240 g/mol. The van der Waals surface area contributed by atoms with Gasteiger partial charge >= 0.3 is 0 Å². The van der Waals surface area contributed by atoms with E-state index in [2.05, 4.69) is 189 Å². The summed E-state index contributed by atoms with van der Waals surface area (Å²) in [6.45, 7) is 0. The van der Waals surface area contributed by atoms with Gasteiger partial charge in [0, 0.05) is 68.2 Å². The van der Waals surface area contributed by atoms with Crippen LogP contribution in [-0.2, 0) is 0 Å². The highest BCUT2D eigenvalue weighted by atomic mass is 16.5. The van der Waals surface area contributed by atoms with Gasteiger partial charge in [-0.1, -0.05) is 24.3 Å². The molecule has 0 fully saturated rings. The van der Waals surface area contributed by atoms with Crippen molar-refractivity contribution in [2.24, 2.45) is 0 Å². The minimum atomic E-state index is 0.767. The molecule has 12 nitrogen and oxygen atoms in total. The number of fused-ring (bicyclic) bond motifs is 6. The lowest BCUT2D eigenvalue weighted by Gasteiger charge is -2.27. The molecule has 0 aromatic heterocycles. The van der Waals surface area contributed by atoms with E-state index in [0.29, 0.717) is 0 Å². The van der Waals surface area contributed by atoms with E-state index in [1.807, 2.05) is 97.1 Å². The predicted octanol–water partition coefficient (Wildman–Crippen LogP) is 20.6. The molecule has 12 aromatic carbocycles. The van der Waals surface area contributed by atoms with Crippen LogP contribution in [-0.4, -0.2) is 56.9 Å². The number of hydrogen-bond donors (Lipinski definition) is 0. The summed E-state index contributed by atoms with van der Waals surface area (Å²) < 4.78 is 45.5. The van der Waals surface area contributed by atoms with Crippen molar-refractivity contribution in [3.8, 4) is 68.2 Å². The number of rotatable bonds is 20. The first kappa shape index (κ1) is 59.6. The molecular formula is C82H68N4O8. The van der Waals surface area contributed by atoms with Crippen molar-refractivity contribution in [1.82, 2.24) is 0 Å². The highest BCUT2D eigenvalue weighted by Gasteiger charge is 2.35. The largest absolute Gasteiger partial charge is 0.497 e. The highest BCUT2D eigenvalue weighted by molar-refractivity contribution is 6.20. The van der Waals surface area contributed by atoms with Crippen LogP contribution in [0.15, 0.2) is 267 Å². The normalized spacial score (nSPS) is 11.6. The fourth-order valence-electron chi connectivity index (χ4n) is 12.9. The van der Waals surface area contributed by atoms with E-state index in [0.717, 1.165) is 170 Å². The summed E-state index contributed by atoms with van der Waals surface area (Å²) in [6.07, 6.45) is 0.